The van der Waals surface area contributed by atoms with Crippen molar-refractivity contribution in [1.29, 1.82) is 0 Å². The van der Waals surface area contributed by atoms with Gasteiger partial charge < -0.3 is 5.32 Å². The zero-order valence-corrected chi connectivity index (χ0v) is 18.3. The molecule has 0 aliphatic heterocycles. The van der Waals surface area contributed by atoms with E-state index in [9.17, 15) is 14.0 Å². The van der Waals surface area contributed by atoms with E-state index < -0.39 is 0 Å². The van der Waals surface area contributed by atoms with Crippen LogP contribution in [0.5, 0.6) is 0 Å². The highest BCUT2D eigenvalue weighted by atomic mass is 32.2. The van der Waals surface area contributed by atoms with E-state index in [1.54, 1.807) is 36.5 Å². The summed E-state index contributed by atoms with van der Waals surface area (Å²) in [5.74, 6) is -0.926. The molecule has 164 valence electrons. The first kappa shape index (κ1) is 23.2. The fourth-order valence-corrected chi connectivity index (χ4v) is 3.54. The third-order valence-electron chi connectivity index (χ3n) is 4.52. The molecule has 0 saturated carbocycles. The summed E-state index contributed by atoms with van der Waals surface area (Å²) < 4.78 is 13.7. The van der Waals surface area contributed by atoms with Crippen molar-refractivity contribution in [2.24, 2.45) is 0 Å². The summed E-state index contributed by atoms with van der Waals surface area (Å²) >= 11 is 0.983. The number of benzene rings is 2. The first-order valence-corrected chi connectivity index (χ1v) is 10.7. The van der Waals surface area contributed by atoms with Crippen molar-refractivity contribution in [3.8, 4) is 11.3 Å². The SMILES string of the molecule is C=CC(=O)NCCc1ccnc(-c2cc(C)cc(C(=O)NNSc3ccccc3F)c2)c1. The molecule has 0 spiro atoms. The number of hydrogen-bond acceptors (Lipinski definition) is 5. The lowest BCUT2D eigenvalue weighted by Gasteiger charge is -2.10. The minimum Gasteiger partial charge on any atom is -0.352 e. The van der Waals surface area contributed by atoms with E-state index in [-0.39, 0.29) is 17.6 Å². The average molecular weight is 451 g/mol. The van der Waals surface area contributed by atoms with Gasteiger partial charge in [-0.15, -0.1) is 0 Å². The van der Waals surface area contributed by atoms with Gasteiger partial charge in [0.1, 0.15) is 5.82 Å². The number of pyridine rings is 1. The van der Waals surface area contributed by atoms with Crippen molar-refractivity contribution in [3.63, 3.8) is 0 Å². The van der Waals surface area contributed by atoms with Crippen molar-refractivity contribution in [3.05, 3.63) is 96.0 Å². The van der Waals surface area contributed by atoms with Gasteiger partial charge in [-0.05, 0) is 85.0 Å². The number of amides is 2. The number of halogens is 1. The number of aromatic nitrogens is 1. The molecule has 2 amide bonds. The Kier molecular flexibility index (Phi) is 8.13. The third-order valence-corrected chi connectivity index (χ3v) is 5.28. The van der Waals surface area contributed by atoms with Gasteiger partial charge in [0.05, 0.1) is 10.6 Å². The van der Waals surface area contributed by atoms with Gasteiger partial charge in [-0.2, -0.15) is 4.83 Å². The molecule has 8 heteroatoms. The maximum atomic E-state index is 13.7. The van der Waals surface area contributed by atoms with Crippen LogP contribution in [0.25, 0.3) is 11.3 Å². The lowest BCUT2D eigenvalue weighted by Crippen LogP contribution is -2.32. The molecule has 0 unspecified atom stereocenters. The fraction of sp³-hybridized carbons (Fsp3) is 0.125. The molecule has 0 aliphatic rings. The number of nitrogens with one attached hydrogen (secondary N) is 3. The van der Waals surface area contributed by atoms with Crippen LogP contribution in [0.4, 0.5) is 4.39 Å². The predicted octanol–water partition coefficient (Wildman–Crippen LogP) is 3.98. The van der Waals surface area contributed by atoms with Crippen molar-refractivity contribution < 1.29 is 14.0 Å². The summed E-state index contributed by atoms with van der Waals surface area (Å²) in [4.78, 5) is 31.4. The highest BCUT2D eigenvalue weighted by Gasteiger charge is 2.11. The summed E-state index contributed by atoms with van der Waals surface area (Å²) in [5, 5.41) is 2.75. The predicted molar refractivity (Wildman–Crippen MR) is 124 cm³/mol. The van der Waals surface area contributed by atoms with Gasteiger partial charge in [0.2, 0.25) is 5.91 Å². The van der Waals surface area contributed by atoms with E-state index in [4.69, 9.17) is 0 Å². The molecule has 1 aromatic heterocycles. The number of hydrogen-bond donors (Lipinski definition) is 3. The van der Waals surface area contributed by atoms with Crippen LogP contribution in [0.15, 0.2) is 78.3 Å². The van der Waals surface area contributed by atoms with Gasteiger partial charge >= 0.3 is 0 Å². The number of hydrazine groups is 1. The van der Waals surface area contributed by atoms with Crippen LogP contribution in [0.3, 0.4) is 0 Å². The molecule has 3 rings (SSSR count). The van der Waals surface area contributed by atoms with Crippen molar-refractivity contribution >= 4 is 23.8 Å². The third kappa shape index (κ3) is 6.50. The van der Waals surface area contributed by atoms with Crippen LogP contribution < -0.4 is 15.6 Å². The summed E-state index contributed by atoms with van der Waals surface area (Å²) in [7, 11) is 0. The molecule has 0 saturated heterocycles. The molecule has 0 atom stereocenters. The first-order chi connectivity index (χ1) is 15.5. The Bertz CT molecular complexity index is 1140. The zero-order chi connectivity index (χ0) is 22.9. The van der Waals surface area contributed by atoms with Crippen LogP contribution in [0, 0.1) is 12.7 Å². The number of aryl methyl sites for hydroxylation is 1. The van der Waals surface area contributed by atoms with Gasteiger partial charge in [-0.25, -0.2) is 4.39 Å². The molecule has 3 N–H and O–H groups in total. The quantitative estimate of drug-likeness (QED) is 0.261. The van der Waals surface area contributed by atoms with Crippen LogP contribution in [0.1, 0.15) is 21.5 Å². The van der Waals surface area contributed by atoms with E-state index in [0.717, 1.165) is 34.3 Å². The number of rotatable bonds is 9. The van der Waals surface area contributed by atoms with Crippen LogP contribution in [-0.4, -0.2) is 23.3 Å². The highest BCUT2D eigenvalue weighted by molar-refractivity contribution is 7.97. The number of carbonyl (C=O) groups excluding carboxylic acids is 2. The van der Waals surface area contributed by atoms with E-state index in [0.29, 0.717) is 23.4 Å². The maximum absolute atomic E-state index is 13.7. The van der Waals surface area contributed by atoms with Gasteiger partial charge in [0.25, 0.3) is 5.91 Å². The van der Waals surface area contributed by atoms with Gasteiger partial charge in [-0.3, -0.25) is 20.0 Å². The lowest BCUT2D eigenvalue weighted by molar-refractivity contribution is -0.116. The van der Waals surface area contributed by atoms with Gasteiger partial charge in [-0.1, -0.05) is 18.7 Å². The zero-order valence-electron chi connectivity index (χ0n) is 17.5. The summed E-state index contributed by atoms with van der Waals surface area (Å²) in [6.07, 6.45) is 3.58. The first-order valence-electron chi connectivity index (χ1n) is 9.90. The highest BCUT2D eigenvalue weighted by Crippen LogP contribution is 2.22. The summed E-state index contributed by atoms with van der Waals surface area (Å²) in [6, 6.07) is 15.6. The largest absolute Gasteiger partial charge is 0.352 e. The summed E-state index contributed by atoms with van der Waals surface area (Å²) in [6.45, 7) is 5.82. The van der Waals surface area contributed by atoms with Crippen molar-refractivity contribution in [2.75, 3.05) is 6.54 Å². The van der Waals surface area contributed by atoms with Crippen molar-refractivity contribution in [2.45, 2.75) is 18.2 Å². The monoisotopic (exact) mass is 450 g/mol. The molecule has 0 radical (unpaired) electrons. The molecule has 0 fully saturated rings. The van der Waals surface area contributed by atoms with Gasteiger partial charge in [0, 0.05) is 23.9 Å². The Hall–Kier alpha value is -3.49. The molecule has 3 aromatic rings. The topological polar surface area (TPSA) is 83.1 Å². The molecule has 32 heavy (non-hydrogen) atoms. The van der Waals surface area contributed by atoms with E-state index >= 15 is 0 Å². The van der Waals surface area contributed by atoms with Crippen LogP contribution >= 0.6 is 11.9 Å². The van der Waals surface area contributed by atoms with Crippen LogP contribution in [-0.2, 0) is 11.2 Å². The van der Waals surface area contributed by atoms with E-state index in [1.165, 1.54) is 12.1 Å². The molecule has 0 bridgehead atoms. The Morgan fingerprint density at radius 2 is 1.97 bits per heavy atom. The van der Waals surface area contributed by atoms with Gasteiger partial charge in [0.15, 0.2) is 0 Å². The Balaban J connectivity index is 1.68. The minimum atomic E-state index is -0.368. The molecular weight excluding hydrogens is 427 g/mol. The Morgan fingerprint density at radius 3 is 2.75 bits per heavy atom. The second-order valence-electron chi connectivity index (χ2n) is 6.97. The fourth-order valence-electron chi connectivity index (χ4n) is 2.98. The number of nitrogens with zero attached hydrogens (tertiary/aromatic N) is 1. The average Bonchev–Trinajstić information content (AvgIpc) is 2.80. The second-order valence-corrected chi connectivity index (χ2v) is 7.82. The van der Waals surface area contributed by atoms with E-state index in [2.05, 4.69) is 27.1 Å². The standard InChI is InChI=1S/C24H23FN4O2S/c1-3-23(30)27-11-9-17-8-10-26-21(14-17)18-12-16(2)13-19(15-18)24(31)28-29-32-22-7-5-4-6-20(22)25/h3-8,10,12-15,29H,1,9,11H2,2H3,(H,27,30)(H,28,31). The van der Waals surface area contributed by atoms with Crippen LogP contribution in [0.2, 0.25) is 0 Å². The van der Waals surface area contributed by atoms with E-state index in [1.807, 2.05) is 25.1 Å². The maximum Gasteiger partial charge on any atom is 0.266 e. The summed E-state index contributed by atoms with van der Waals surface area (Å²) in [5.41, 5.74) is 6.46. The normalized spacial score (nSPS) is 10.4. The minimum absolute atomic E-state index is 0.213. The second kappa shape index (κ2) is 11.2. The molecule has 2 aromatic carbocycles. The lowest BCUT2D eigenvalue weighted by atomic mass is 10.0. The molecule has 0 aliphatic carbocycles. The molecule has 6 nitrogen and oxygen atoms in total. The molecule has 1 heterocycles. The smallest absolute Gasteiger partial charge is 0.266 e. The Morgan fingerprint density at radius 1 is 1.16 bits per heavy atom. The molecular formula is C24H23FN4O2S. The van der Waals surface area contributed by atoms with Crippen molar-refractivity contribution in [1.82, 2.24) is 20.6 Å². The Labute approximate surface area is 190 Å². The number of carbonyl (C=O) groups is 2.